The maximum absolute atomic E-state index is 11.6. The number of aromatic nitrogens is 2. The number of aryl methyl sites for hydroxylation is 1. The first kappa shape index (κ1) is 10.2. The van der Waals surface area contributed by atoms with Crippen LogP contribution in [0.3, 0.4) is 0 Å². The van der Waals surface area contributed by atoms with Crippen molar-refractivity contribution in [3.63, 3.8) is 0 Å². The Morgan fingerprint density at radius 3 is 3.07 bits per heavy atom. The van der Waals surface area contributed by atoms with Crippen LogP contribution < -0.4 is 11.1 Å². The van der Waals surface area contributed by atoms with Gasteiger partial charge in [-0.25, -0.2) is 0 Å². The lowest BCUT2D eigenvalue weighted by molar-refractivity contribution is -0.116. The molecular weight excluding hydrogens is 192 g/mol. The van der Waals surface area contributed by atoms with E-state index in [1.54, 1.807) is 24.0 Å². The Labute approximate surface area is 88.6 Å². The van der Waals surface area contributed by atoms with E-state index in [1.807, 2.05) is 0 Å². The average molecular weight is 208 g/mol. The molecule has 1 aromatic heterocycles. The third kappa shape index (κ3) is 2.56. The van der Waals surface area contributed by atoms with Crippen LogP contribution in [0.5, 0.6) is 0 Å². The number of nitrogens with zero attached hydrogens (tertiary/aromatic N) is 2. The van der Waals surface area contributed by atoms with Gasteiger partial charge in [0.15, 0.2) is 0 Å². The molecule has 0 aromatic carbocycles. The Balaban J connectivity index is 1.84. The summed E-state index contributed by atoms with van der Waals surface area (Å²) in [6.45, 7) is 0. The van der Waals surface area contributed by atoms with Crippen molar-refractivity contribution in [2.24, 2.45) is 18.7 Å². The molecule has 1 amide bonds. The minimum atomic E-state index is -0.0296. The van der Waals surface area contributed by atoms with Crippen LogP contribution >= 0.6 is 0 Å². The Kier molecular flexibility index (Phi) is 2.73. The van der Waals surface area contributed by atoms with Gasteiger partial charge < -0.3 is 11.1 Å². The molecule has 1 atom stereocenters. The smallest absolute Gasteiger partial charge is 0.227 e. The summed E-state index contributed by atoms with van der Waals surface area (Å²) in [4.78, 5) is 11.6. The van der Waals surface area contributed by atoms with Crippen LogP contribution in [0.1, 0.15) is 19.3 Å². The first-order chi connectivity index (χ1) is 7.16. The first-order valence-corrected chi connectivity index (χ1v) is 5.20. The molecule has 5 nitrogen and oxygen atoms in total. The normalized spacial score (nSPS) is 17.5. The van der Waals surface area contributed by atoms with E-state index in [2.05, 4.69) is 10.4 Å². The Hall–Kier alpha value is -1.36. The molecule has 5 heteroatoms. The zero-order chi connectivity index (χ0) is 10.8. The maximum atomic E-state index is 11.6. The van der Waals surface area contributed by atoms with E-state index in [9.17, 15) is 4.79 Å². The topological polar surface area (TPSA) is 72.9 Å². The van der Waals surface area contributed by atoms with E-state index in [0.717, 1.165) is 0 Å². The van der Waals surface area contributed by atoms with Gasteiger partial charge in [0.25, 0.3) is 0 Å². The molecule has 0 radical (unpaired) electrons. The molecule has 1 saturated carbocycles. The van der Waals surface area contributed by atoms with Crippen molar-refractivity contribution in [3.8, 4) is 0 Å². The predicted molar refractivity (Wildman–Crippen MR) is 57.2 cm³/mol. The van der Waals surface area contributed by atoms with Gasteiger partial charge in [-0.1, -0.05) is 0 Å². The van der Waals surface area contributed by atoms with Crippen LogP contribution in [0.25, 0.3) is 0 Å². The fourth-order valence-corrected chi connectivity index (χ4v) is 1.60. The van der Waals surface area contributed by atoms with Crippen molar-refractivity contribution in [1.82, 2.24) is 9.78 Å². The van der Waals surface area contributed by atoms with Crippen LogP contribution in [0.4, 0.5) is 5.82 Å². The molecular formula is C10H16N4O. The minimum Gasteiger partial charge on any atom is -0.327 e. The average Bonchev–Trinajstić information content (AvgIpc) is 2.94. The van der Waals surface area contributed by atoms with E-state index >= 15 is 0 Å². The highest BCUT2D eigenvalue weighted by Crippen LogP contribution is 2.32. The van der Waals surface area contributed by atoms with Gasteiger partial charge in [0.2, 0.25) is 5.91 Å². The van der Waals surface area contributed by atoms with Crippen molar-refractivity contribution < 1.29 is 4.79 Å². The van der Waals surface area contributed by atoms with Gasteiger partial charge in [0.05, 0.1) is 6.20 Å². The number of hydrogen-bond acceptors (Lipinski definition) is 3. The van der Waals surface area contributed by atoms with E-state index in [1.165, 1.54) is 12.8 Å². The number of hydrogen-bond donors (Lipinski definition) is 2. The summed E-state index contributed by atoms with van der Waals surface area (Å²) in [5.41, 5.74) is 5.86. The van der Waals surface area contributed by atoms with E-state index in [-0.39, 0.29) is 11.9 Å². The zero-order valence-corrected chi connectivity index (χ0v) is 8.81. The van der Waals surface area contributed by atoms with E-state index in [4.69, 9.17) is 5.73 Å². The number of amides is 1. The lowest BCUT2D eigenvalue weighted by atomic mass is 10.1. The first-order valence-electron chi connectivity index (χ1n) is 5.20. The SMILES string of the molecule is Cn1nccc1NC(=O)CC(N)C1CC1. The van der Waals surface area contributed by atoms with Crippen molar-refractivity contribution >= 4 is 11.7 Å². The van der Waals surface area contributed by atoms with Gasteiger partial charge in [0, 0.05) is 25.6 Å². The summed E-state index contributed by atoms with van der Waals surface area (Å²) >= 11 is 0. The fourth-order valence-electron chi connectivity index (χ4n) is 1.60. The van der Waals surface area contributed by atoms with Crippen LogP contribution in [0.2, 0.25) is 0 Å². The monoisotopic (exact) mass is 208 g/mol. The lowest BCUT2D eigenvalue weighted by Crippen LogP contribution is -2.29. The number of carbonyl (C=O) groups excluding carboxylic acids is 1. The van der Waals surface area contributed by atoms with Crippen molar-refractivity contribution in [1.29, 1.82) is 0 Å². The number of nitrogens with two attached hydrogens (primary N) is 1. The summed E-state index contributed by atoms with van der Waals surface area (Å²) in [5.74, 6) is 1.24. The second-order valence-corrected chi connectivity index (χ2v) is 4.09. The quantitative estimate of drug-likeness (QED) is 0.756. The number of carbonyl (C=O) groups is 1. The van der Waals surface area contributed by atoms with Gasteiger partial charge in [-0.3, -0.25) is 9.48 Å². The van der Waals surface area contributed by atoms with Crippen LogP contribution in [-0.2, 0) is 11.8 Å². The number of anilines is 1. The highest BCUT2D eigenvalue weighted by atomic mass is 16.1. The molecule has 0 saturated heterocycles. The van der Waals surface area contributed by atoms with Crippen molar-refractivity contribution in [3.05, 3.63) is 12.3 Å². The Bertz CT molecular complexity index is 356. The third-order valence-electron chi connectivity index (χ3n) is 2.74. The highest BCUT2D eigenvalue weighted by molar-refractivity contribution is 5.90. The molecule has 0 aliphatic heterocycles. The molecule has 1 heterocycles. The predicted octanol–water partition coefficient (Wildman–Crippen LogP) is 0.486. The molecule has 1 aliphatic carbocycles. The van der Waals surface area contributed by atoms with Gasteiger partial charge in [0.1, 0.15) is 5.82 Å². The molecule has 1 aromatic rings. The van der Waals surface area contributed by atoms with Gasteiger partial charge >= 0.3 is 0 Å². The van der Waals surface area contributed by atoms with Crippen LogP contribution in [0.15, 0.2) is 12.3 Å². The second kappa shape index (κ2) is 4.02. The second-order valence-electron chi connectivity index (χ2n) is 4.09. The molecule has 1 unspecified atom stereocenters. The molecule has 3 N–H and O–H groups in total. The minimum absolute atomic E-state index is 0.0122. The van der Waals surface area contributed by atoms with E-state index < -0.39 is 0 Å². The number of rotatable bonds is 4. The maximum Gasteiger partial charge on any atom is 0.227 e. The van der Waals surface area contributed by atoms with Gasteiger partial charge in [-0.2, -0.15) is 5.10 Å². The van der Waals surface area contributed by atoms with Crippen LogP contribution in [0, 0.1) is 5.92 Å². The Morgan fingerprint density at radius 1 is 1.80 bits per heavy atom. The highest BCUT2D eigenvalue weighted by Gasteiger charge is 2.29. The third-order valence-corrected chi connectivity index (χ3v) is 2.74. The molecule has 1 aliphatic rings. The van der Waals surface area contributed by atoms with Gasteiger partial charge in [-0.15, -0.1) is 0 Å². The Morgan fingerprint density at radius 2 is 2.53 bits per heavy atom. The molecule has 82 valence electrons. The summed E-state index contributed by atoms with van der Waals surface area (Å²) in [6, 6.07) is 1.78. The molecule has 15 heavy (non-hydrogen) atoms. The molecule has 0 spiro atoms. The van der Waals surface area contributed by atoms with Crippen LogP contribution in [-0.4, -0.2) is 21.7 Å². The summed E-state index contributed by atoms with van der Waals surface area (Å²) in [6.07, 6.45) is 4.38. The standard InChI is InChI=1S/C10H16N4O/c1-14-9(4-5-12-14)13-10(15)6-8(11)7-2-3-7/h4-5,7-8H,2-3,6,11H2,1H3,(H,13,15). The van der Waals surface area contributed by atoms with Crippen molar-refractivity contribution in [2.45, 2.75) is 25.3 Å². The number of nitrogens with one attached hydrogen (secondary N) is 1. The lowest BCUT2D eigenvalue weighted by Gasteiger charge is -2.10. The molecule has 2 rings (SSSR count). The zero-order valence-electron chi connectivity index (χ0n) is 8.81. The van der Waals surface area contributed by atoms with Crippen molar-refractivity contribution in [2.75, 3.05) is 5.32 Å². The summed E-state index contributed by atoms with van der Waals surface area (Å²) < 4.78 is 1.63. The molecule has 1 fully saturated rings. The fraction of sp³-hybridized carbons (Fsp3) is 0.600. The van der Waals surface area contributed by atoms with E-state index in [0.29, 0.717) is 18.2 Å². The van der Waals surface area contributed by atoms with Gasteiger partial charge in [-0.05, 0) is 18.8 Å². The summed E-state index contributed by atoms with van der Waals surface area (Å²) in [5, 5.41) is 6.75. The largest absolute Gasteiger partial charge is 0.327 e. The summed E-state index contributed by atoms with van der Waals surface area (Å²) in [7, 11) is 1.79. The molecule has 0 bridgehead atoms.